The van der Waals surface area contributed by atoms with Gasteiger partial charge in [0.15, 0.2) is 0 Å². The largest absolute Gasteiger partial charge is 0.507 e. The molecule has 3 aromatic rings. The number of carbonyl (C=O) groups excluding carboxylic acids is 2. The standard InChI is InChI=1S/C25H22ClNO5/c1-4-31-16-8-9-18(26)17(13-16)23(28)21-22(20-6-5-11-32-20)27(25(30)24(21)29)19-10-7-14(2)12-15(19)3/h5-13,22,28H,4H2,1-3H3/b23-21-. The number of furan rings is 1. The van der Waals surface area contributed by atoms with Crippen LogP contribution in [0.4, 0.5) is 5.69 Å². The fraction of sp³-hybridized carbons (Fsp3) is 0.200. The van der Waals surface area contributed by atoms with Gasteiger partial charge in [0, 0.05) is 11.3 Å². The van der Waals surface area contributed by atoms with Gasteiger partial charge in [-0.05, 0) is 62.7 Å². The van der Waals surface area contributed by atoms with E-state index < -0.39 is 17.7 Å². The van der Waals surface area contributed by atoms with Gasteiger partial charge in [0.1, 0.15) is 23.3 Å². The second kappa shape index (κ2) is 8.55. The highest BCUT2D eigenvalue weighted by molar-refractivity contribution is 6.52. The lowest BCUT2D eigenvalue weighted by molar-refractivity contribution is -0.132. The van der Waals surface area contributed by atoms with Gasteiger partial charge in [-0.15, -0.1) is 0 Å². The van der Waals surface area contributed by atoms with E-state index in [0.717, 1.165) is 11.1 Å². The highest BCUT2D eigenvalue weighted by atomic mass is 35.5. The molecule has 1 aliphatic heterocycles. The molecule has 4 rings (SSSR count). The molecular weight excluding hydrogens is 430 g/mol. The molecule has 1 unspecified atom stereocenters. The Kier molecular flexibility index (Phi) is 5.80. The van der Waals surface area contributed by atoms with Gasteiger partial charge in [-0.3, -0.25) is 14.5 Å². The molecule has 0 saturated carbocycles. The number of anilines is 1. The molecule has 1 fully saturated rings. The van der Waals surface area contributed by atoms with Crippen molar-refractivity contribution in [3.63, 3.8) is 0 Å². The number of amides is 1. The van der Waals surface area contributed by atoms with Crippen LogP contribution in [0.15, 0.2) is 64.8 Å². The first-order valence-corrected chi connectivity index (χ1v) is 10.6. The van der Waals surface area contributed by atoms with Crippen LogP contribution in [0.1, 0.15) is 35.4 Å². The quantitative estimate of drug-likeness (QED) is 0.311. The third kappa shape index (κ3) is 3.67. The summed E-state index contributed by atoms with van der Waals surface area (Å²) in [6.07, 6.45) is 1.46. The Labute approximate surface area is 190 Å². The van der Waals surface area contributed by atoms with Crippen LogP contribution in [-0.2, 0) is 9.59 Å². The lowest BCUT2D eigenvalue weighted by Gasteiger charge is -2.25. The first kappa shape index (κ1) is 21.7. The van der Waals surface area contributed by atoms with Crippen LogP contribution in [0.3, 0.4) is 0 Å². The zero-order valence-corrected chi connectivity index (χ0v) is 18.6. The smallest absolute Gasteiger partial charge is 0.300 e. The van der Waals surface area contributed by atoms with E-state index in [1.807, 2.05) is 32.9 Å². The van der Waals surface area contributed by atoms with Gasteiger partial charge in [0.25, 0.3) is 11.7 Å². The number of benzene rings is 2. The van der Waals surface area contributed by atoms with Gasteiger partial charge in [0.2, 0.25) is 0 Å². The maximum Gasteiger partial charge on any atom is 0.300 e. The first-order valence-electron chi connectivity index (χ1n) is 10.2. The lowest BCUT2D eigenvalue weighted by Crippen LogP contribution is -2.30. The number of aliphatic hydroxyl groups excluding tert-OH is 1. The molecule has 0 aliphatic carbocycles. The van der Waals surface area contributed by atoms with Crippen molar-refractivity contribution in [3.8, 4) is 5.75 Å². The average molecular weight is 452 g/mol. The van der Waals surface area contributed by atoms with E-state index in [-0.39, 0.29) is 21.9 Å². The number of nitrogens with zero attached hydrogens (tertiary/aromatic N) is 1. The molecule has 164 valence electrons. The third-order valence-corrected chi connectivity index (χ3v) is 5.70. The Balaban J connectivity index is 1.94. The molecule has 7 heteroatoms. The van der Waals surface area contributed by atoms with Crippen LogP contribution in [0.2, 0.25) is 5.02 Å². The summed E-state index contributed by atoms with van der Waals surface area (Å²) in [5.41, 5.74) is 2.51. The number of aryl methyl sites for hydroxylation is 2. The number of rotatable bonds is 5. The Morgan fingerprint density at radius 2 is 1.94 bits per heavy atom. The molecule has 0 bridgehead atoms. The van der Waals surface area contributed by atoms with E-state index in [1.54, 1.807) is 36.4 Å². The van der Waals surface area contributed by atoms with Crippen LogP contribution in [0.5, 0.6) is 5.75 Å². The van der Waals surface area contributed by atoms with E-state index in [9.17, 15) is 14.7 Å². The van der Waals surface area contributed by atoms with Crippen LogP contribution >= 0.6 is 11.6 Å². The summed E-state index contributed by atoms with van der Waals surface area (Å²) in [4.78, 5) is 27.7. The normalized spacial score (nSPS) is 17.8. The molecule has 1 atom stereocenters. The summed E-state index contributed by atoms with van der Waals surface area (Å²) in [7, 11) is 0. The maximum absolute atomic E-state index is 13.2. The number of hydrogen-bond donors (Lipinski definition) is 1. The first-order chi connectivity index (χ1) is 15.3. The Hall–Kier alpha value is -3.51. The number of ketones is 1. The highest BCUT2D eigenvalue weighted by Crippen LogP contribution is 2.44. The molecule has 0 spiro atoms. The summed E-state index contributed by atoms with van der Waals surface area (Å²) in [6, 6.07) is 12.8. The van der Waals surface area contributed by atoms with Gasteiger partial charge in [0.05, 0.1) is 23.5 Å². The van der Waals surface area contributed by atoms with Gasteiger partial charge in [-0.25, -0.2) is 0 Å². The minimum atomic E-state index is -0.946. The van der Waals surface area contributed by atoms with Crippen molar-refractivity contribution in [1.82, 2.24) is 0 Å². The Bertz CT molecular complexity index is 1230. The van der Waals surface area contributed by atoms with E-state index in [0.29, 0.717) is 23.8 Å². The summed E-state index contributed by atoms with van der Waals surface area (Å²) in [6.45, 7) is 6.07. The Morgan fingerprint density at radius 3 is 2.59 bits per heavy atom. The highest BCUT2D eigenvalue weighted by Gasteiger charge is 2.48. The molecule has 1 saturated heterocycles. The van der Waals surface area contributed by atoms with Crippen molar-refractivity contribution in [3.05, 3.63) is 87.8 Å². The molecule has 1 aliphatic rings. The number of Topliss-reactive ketones (excluding diaryl/α,β-unsaturated/α-hetero) is 1. The van der Waals surface area contributed by atoms with Gasteiger partial charge in [-0.1, -0.05) is 29.3 Å². The van der Waals surface area contributed by atoms with Crippen LogP contribution in [0, 0.1) is 13.8 Å². The average Bonchev–Trinajstić information content (AvgIpc) is 3.37. The van der Waals surface area contributed by atoms with E-state index in [4.69, 9.17) is 20.8 Å². The van der Waals surface area contributed by atoms with Gasteiger partial charge in [-0.2, -0.15) is 0 Å². The van der Waals surface area contributed by atoms with Crippen molar-refractivity contribution >= 4 is 34.7 Å². The van der Waals surface area contributed by atoms with E-state index in [1.165, 1.54) is 11.2 Å². The summed E-state index contributed by atoms with van der Waals surface area (Å²) in [5, 5.41) is 11.5. The number of ether oxygens (including phenoxy) is 1. The van der Waals surface area contributed by atoms with E-state index in [2.05, 4.69) is 0 Å². The monoisotopic (exact) mass is 451 g/mol. The van der Waals surface area contributed by atoms with Crippen molar-refractivity contribution in [2.24, 2.45) is 0 Å². The zero-order chi connectivity index (χ0) is 23.0. The number of carbonyl (C=O) groups is 2. The number of aliphatic hydroxyl groups is 1. The van der Waals surface area contributed by atoms with Crippen molar-refractivity contribution in [1.29, 1.82) is 0 Å². The summed E-state index contributed by atoms with van der Waals surface area (Å²) >= 11 is 6.34. The fourth-order valence-electron chi connectivity index (χ4n) is 3.96. The topological polar surface area (TPSA) is 80.0 Å². The van der Waals surface area contributed by atoms with Gasteiger partial charge >= 0.3 is 0 Å². The Morgan fingerprint density at radius 1 is 1.16 bits per heavy atom. The molecule has 2 aromatic carbocycles. The maximum atomic E-state index is 13.2. The molecule has 1 aromatic heterocycles. The summed E-state index contributed by atoms with van der Waals surface area (Å²) in [5.74, 6) is -1.12. The fourth-order valence-corrected chi connectivity index (χ4v) is 4.17. The predicted molar refractivity (Wildman–Crippen MR) is 122 cm³/mol. The predicted octanol–water partition coefficient (Wildman–Crippen LogP) is 5.57. The molecule has 2 heterocycles. The molecule has 1 N–H and O–H groups in total. The second-order valence-corrected chi connectivity index (χ2v) is 7.96. The minimum absolute atomic E-state index is 0.0968. The summed E-state index contributed by atoms with van der Waals surface area (Å²) < 4.78 is 11.1. The molecular formula is C25H22ClNO5. The molecule has 0 radical (unpaired) electrons. The second-order valence-electron chi connectivity index (χ2n) is 7.55. The third-order valence-electron chi connectivity index (χ3n) is 5.37. The number of hydrogen-bond acceptors (Lipinski definition) is 5. The van der Waals surface area contributed by atoms with E-state index >= 15 is 0 Å². The lowest BCUT2D eigenvalue weighted by atomic mass is 9.98. The van der Waals surface area contributed by atoms with Crippen LogP contribution in [-0.4, -0.2) is 23.4 Å². The van der Waals surface area contributed by atoms with Crippen molar-refractivity contribution in [2.45, 2.75) is 26.8 Å². The molecule has 1 amide bonds. The zero-order valence-electron chi connectivity index (χ0n) is 17.9. The van der Waals surface area contributed by atoms with Crippen molar-refractivity contribution < 1.29 is 23.8 Å². The van der Waals surface area contributed by atoms with Crippen LogP contribution in [0.25, 0.3) is 5.76 Å². The number of halogens is 1. The van der Waals surface area contributed by atoms with Gasteiger partial charge < -0.3 is 14.3 Å². The molecule has 6 nitrogen and oxygen atoms in total. The van der Waals surface area contributed by atoms with Crippen LogP contribution < -0.4 is 9.64 Å². The minimum Gasteiger partial charge on any atom is -0.507 e. The van der Waals surface area contributed by atoms with Crippen molar-refractivity contribution in [2.75, 3.05) is 11.5 Å². The SMILES string of the molecule is CCOc1ccc(Cl)c(/C(O)=C2/C(=O)C(=O)N(c3ccc(C)cc3C)C2c2ccco2)c1. The molecule has 32 heavy (non-hydrogen) atoms.